The molecule has 19 heteroatoms. The van der Waals surface area contributed by atoms with Crippen LogP contribution in [0.1, 0.15) is 92.9 Å². The molecule has 2 aliphatic rings. The van der Waals surface area contributed by atoms with Crippen LogP contribution in [0.15, 0.2) is 72.9 Å². The van der Waals surface area contributed by atoms with Gasteiger partial charge in [-0.3, -0.25) is 4.79 Å². The van der Waals surface area contributed by atoms with Gasteiger partial charge >= 0.3 is 12.0 Å². The minimum Gasteiger partial charge on any atom is -0.462 e. The molecule has 0 aromatic heterocycles. The number of aliphatic hydroxyl groups excluding tert-OH is 9. The number of carbonyl (C=O) groups is 2. The number of nitrogens with one attached hydrogen (secondary N) is 2. The molecular formula is C48H81N3O16. The number of esters is 1. The van der Waals surface area contributed by atoms with Gasteiger partial charge < -0.3 is 86.4 Å². The molecule has 2 heterocycles. The third-order valence-electron chi connectivity index (χ3n) is 12.1. The van der Waals surface area contributed by atoms with Crippen molar-refractivity contribution in [3.63, 3.8) is 0 Å². The summed E-state index contributed by atoms with van der Waals surface area (Å²) < 4.78 is 23.2. The van der Waals surface area contributed by atoms with Gasteiger partial charge in [-0.1, -0.05) is 86.8 Å². The van der Waals surface area contributed by atoms with Crippen LogP contribution in [0.25, 0.3) is 0 Å². The van der Waals surface area contributed by atoms with Crippen molar-refractivity contribution in [3.8, 4) is 0 Å². The Hall–Kier alpha value is -3.38. The van der Waals surface area contributed by atoms with Crippen molar-refractivity contribution in [1.82, 2.24) is 10.6 Å². The monoisotopic (exact) mass is 956 g/mol. The maximum absolute atomic E-state index is 12.6. The lowest BCUT2D eigenvalue weighted by Crippen LogP contribution is -2.63. The summed E-state index contributed by atoms with van der Waals surface area (Å²) in [6, 6.07) is -2.83. The Bertz CT molecular complexity index is 1630. The molecule has 0 spiro atoms. The van der Waals surface area contributed by atoms with E-state index < -0.39 is 147 Å². The van der Waals surface area contributed by atoms with E-state index >= 15 is 0 Å². The highest BCUT2D eigenvalue weighted by molar-refractivity contribution is 5.74. The molecule has 0 saturated carbocycles. The third kappa shape index (κ3) is 21.0. The third-order valence-corrected chi connectivity index (χ3v) is 12.1. The van der Waals surface area contributed by atoms with Gasteiger partial charge in [0.2, 0.25) is 0 Å². The highest BCUT2D eigenvalue weighted by atomic mass is 16.7. The highest BCUT2D eigenvalue weighted by Gasteiger charge is 2.49. The quantitative estimate of drug-likeness (QED) is 0.0307. The van der Waals surface area contributed by atoms with E-state index in [9.17, 15) is 60.7 Å². The number of hydrogen-bond acceptors (Lipinski definition) is 17. The summed E-state index contributed by atoms with van der Waals surface area (Å²) in [5, 5.41) is 113. The molecule has 0 radical (unpaired) electrons. The molecule has 2 aliphatic heterocycles. The summed E-state index contributed by atoms with van der Waals surface area (Å²) in [4.78, 5) is 25.0. The molecule has 0 unspecified atom stereocenters. The Morgan fingerprint density at radius 3 is 2.06 bits per heavy atom. The van der Waals surface area contributed by atoms with E-state index in [2.05, 4.69) is 10.6 Å². The van der Waals surface area contributed by atoms with Crippen LogP contribution in [0, 0.1) is 11.8 Å². The first-order valence-corrected chi connectivity index (χ1v) is 23.2. The molecule has 67 heavy (non-hydrogen) atoms. The molecular weight excluding hydrogens is 875 g/mol. The number of rotatable bonds is 27. The molecule has 2 rings (SSSR count). The number of nitrogens with two attached hydrogens (primary N) is 1. The van der Waals surface area contributed by atoms with Crippen molar-refractivity contribution in [2.75, 3.05) is 7.05 Å². The predicted molar refractivity (Wildman–Crippen MR) is 249 cm³/mol. The molecule has 19 nitrogen and oxygen atoms in total. The normalized spacial score (nSPS) is 31.0. The molecule has 0 aromatic rings. The summed E-state index contributed by atoms with van der Waals surface area (Å²) in [5.41, 5.74) is 5.97. The fourth-order valence-electron chi connectivity index (χ4n) is 7.94. The minimum absolute atomic E-state index is 0.0883. The van der Waals surface area contributed by atoms with Crippen molar-refractivity contribution < 1.29 is 79.6 Å². The van der Waals surface area contributed by atoms with Crippen molar-refractivity contribution >= 4 is 12.0 Å². The van der Waals surface area contributed by atoms with Crippen LogP contribution in [0.5, 0.6) is 0 Å². The molecule has 0 aliphatic carbocycles. The lowest BCUT2D eigenvalue weighted by Gasteiger charge is -2.46. The van der Waals surface area contributed by atoms with Gasteiger partial charge in [0, 0.05) is 44.6 Å². The molecule has 2 saturated heterocycles. The molecule has 19 atom stereocenters. The van der Waals surface area contributed by atoms with Crippen LogP contribution >= 0.6 is 0 Å². The van der Waals surface area contributed by atoms with Crippen molar-refractivity contribution in [1.29, 1.82) is 0 Å². The van der Waals surface area contributed by atoms with E-state index in [4.69, 9.17) is 24.7 Å². The molecule has 14 N–H and O–H groups in total. The van der Waals surface area contributed by atoms with Gasteiger partial charge in [-0.2, -0.15) is 0 Å². The average molecular weight is 956 g/mol. The smallest absolute Gasteiger partial charge is 0.314 e. The van der Waals surface area contributed by atoms with Crippen LogP contribution in [0.4, 0.5) is 4.79 Å². The Balaban J connectivity index is 1.90. The zero-order valence-electron chi connectivity index (χ0n) is 40.0. The second-order valence-electron chi connectivity index (χ2n) is 17.8. The zero-order chi connectivity index (χ0) is 50.4. The van der Waals surface area contributed by atoms with Gasteiger partial charge in [0.1, 0.15) is 12.2 Å². The SMILES string of the molecule is C/C=C/C=C/C=C/C=C/C=C/[C@H](C)[C@@H](O)[C@@H](C)[C@H](C)OC(=O)C[C@H](O)C[C@H](O)CC[C@@H](O)[C@H](O)C[C@H](O)C[C@]1(O)C[C@H](O)[C@@H](NC(=O)NC)[C@H](C[C@H](/C=C/C)O[C@@H]2O[C@H](C)[C@@H](O)[C@H](N)[C@@H]2O)O1. The maximum Gasteiger partial charge on any atom is 0.314 e. The van der Waals surface area contributed by atoms with Crippen molar-refractivity contribution in [2.45, 2.75) is 196 Å². The van der Waals surface area contributed by atoms with E-state index in [1.165, 1.54) is 7.05 Å². The predicted octanol–water partition coefficient (Wildman–Crippen LogP) is 0.779. The Labute approximate surface area is 395 Å². The lowest BCUT2D eigenvalue weighted by atomic mass is 9.87. The highest BCUT2D eigenvalue weighted by Crippen LogP contribution is 2.35. The number of ether oxygens (including phenoxy) is 4. The van der Waals surface area contributed by atoms with Crippen LogP contribution in [0.2, 0.25) is 0 Å². The maximum atomic E-state index is 12.6. The van der Waals surface area contributed by atoms with Crippen LogP contribution in [-0.4, -0.2) is 174 Å². The first-order valence-electron chi connectivity index (χ1n) is 23.2. The summed E-state index contributed by atoms with van der Waals surface area (Å²) >= 11 is 0. The van der Waals surface area contributed by atoms with Gasteiger partial charge in [-0.15, -0.1) is 0 Å². The summed E-state index contributed by atoms with van der Waals surface area (Å²) in [7, 11) is 1.37. The number of aliphatic hydroxyl groups is 10. The summed E-state index contributed by atoms with van der Waals surface area (Å²) in [6.07, 6.45) is 2.99. The molecule has 384 valence electrons. The van der Waals surface area contributed by atoms with Gasteiger partial charge in [-0.25, -0.2) is 4.79 Å². The largest absolute Gasteiger partial charge is 0.462 e. The van der Waals surface area contributed by atoms with Gasteiger partial charge in [-0.05, 0) is 47.0 Å². The van der Waals surface area contributed by atoms with Gasteiger partial charge in [0.05, 0.1) is 85.6 Å². The van der Waals surface area contributed by atoms with Crippen molar-refractivity contribution in [3.05, 3.63) is 72.9 Å². The summed E-state index contributed by atoms with van der Waals surface area (Å²) in [6.45, 7) is 10.4. The molecule has 0 bridgehead atoms. The number of carbonyl (C=O) groups excluding carboxylic acids is 2. The number of urea groups is 1. The lowest BCUT2D eigenvalue weighted by molar-refractivity contribution is -0.303. The number of hydrogen-bond donors (Lipinski definition) is 13. The molecule has 2 fully saturated rings. The van der Waals surface area contributed by atoms with E-state index in [0.717, 1.165) is 0 Å². The standard InChI is InChI=1S/C48H81N3O16/c1-8-10-11-12-13-14-15-16-17-19-28(3)43(59)29(4)30(5)64-40(58)24-33(53)22-32(52)20-21-36(55)37(56)23-34(54)26-48(63)27-38(57)42(51-47(62)50-7)39(67-48)25-35(18-9-2)66-46-45(61)41(49)44(60)31(6)65-46/h8-19,28-39,41-46,52-57,59-61,63H,20-27,49H2,1-7H3,(H2,50,51,62)/b10-8+,12-11+,14-13+,16-15+,18-9+,19-17+/t28-,29-,30-,31+,32+,33+,34-,35-,36+,37+,38-,39-,41-,42+,43+,44+,45-,46-,48+/m0/s1. The van der Waals surface area contributed by atoms with Crippen LogP contribution in [0.3, 0.4) is 0 Å². The second kappa shape index (κ2) is 30.3. The Morgan fingerprint density at radius 2 is 1.45 bits per heavy atom. The zero-order valence-corrected chi connectivity index (χ0v) is 40.0. The second-order valence-corrected chi connectivity index (χ2v) is 17.8. The van der Waals surface area contributed by atoms with Crippen LogP contribution < -0.4 is 16.4 Å². The fraction of sp³-hybridized carbons (Fsp3) is 0.708. The summed E-state index contributed by atoms with van der Waals surface area (Å²) in [5.74, 6) is -3.61. The van der Waals surface area contributed by atoms with E-state index in [1.807, 2.05) is 74.6 Å². The Morgan fingerprint density at radius 1 is 0.821 bits per heavy atom. The number of allylic oxidation sites excluding steroid dienone is 10. The van der Waals surface area contributed by atoms with E-state index in [1.54, 1.807) is 39.8 Å². The molecule has 0 aromatic carbocycles. The fourth-order valence-corrected chi connectivity index (χ4v) is 7.94. The minimum atomic E-state index is -2.20. The van der Waals surface area contributed by atoms with Crippen LogP contribution in [-0.2, 0) is 23.7 Å². The van der Waals surface area contributed by atoms with E-state index in [-0.39, 0.29) is 31.6 Å². The van der Waals surface area contributed by atoms with Gasteiger partial charge in [0.25, 0.3) is 0 Å². The molecule has 2 amide bonds. The average Bonchev–Trinajstić information content (AvgIpc) is 3.26. The first-order chi connectivity index (χ1) is 31.6. The first kappa shape index (κ1) is 59.7. The topological polar surface area (TPSA) is 323 Å². The van der Waals surface area contributed by atoms with Gasteiger partial charge in [0.15, 0.2) is 12.1 Å². The number of amides is 2. The van der Waals surface area contributed by atoms with E-state index in [0.29, 0.717) is 0 Å². The van der Waals surface area contributed by atoms with Crippen molar-refractivity contribution in [2.24, 2.45) is 17.6 Å². The Kier molecular flexibility index (Phi) is 27.0.